The molecule has 0 bridgehead atoms. The number of carbonyl (C=O) groups is 2. The van der Waals surface area contributed by atoms with Crippen molar-refractivity contribution >= 4 is 11.8 Å². The topological polar surface area (TPSA) is 67.4 Å². The standard InChI is InChI=1S/C18H20N2O3/c1-3-16(13-7-5-4-6-8-13)18(22)20-19-17(21)14-9-11-15(23-2)12-10-14/h4-12,16H,3H2,1-2H3,(H,19,21)(H,20,22). The Hall–Kier alpha value is -2.82. The molecule has 2 rings (SSSR count). The number of carbonyl (C=O) groups excluding carboxylic acids is 2. The van der Waals surface area contributed by atoms with Crippen molar-refractivity contribution in [3.63, 3.8) is 0 Å². The molecule has 1 unspecified atom stereocenters. The molecule has 0 aliphatic rings. The molecule has 0 aliphatic heterocycles. The molecule has 120 valence electrons. The van der Waals surface area contributed by atoms with Crippen molar-refractivity contribution < 1.29 is 14.3 Å². The molecule has 0 aliphatic carbocycles. The van der Waals surface area contributed by atoms with Gasteiger partial charge in [0.05, 0.1) is 13.0 Å². The summed E-state index contributed by atoms with van der Waals surface area (Å²) in [6.45, 7) is 1.93. The van der Waals surface area contributed by atoms with Crippen LogP contribution in [0, 0.1) is 0 Å². The zero-order valence-corrected chi connectivity index (χ0v) is 13.2. The number of rotatable bonds is 5. The molecule has 0 radical (unpaired) electrons. The highest BCUT2D eigenvalue weighted by Gasteiger charge is 2.19. The van der Waals surface area contributed by atoms with Gasteiger partial charge in [0.1, 0.15) is 5.75 Å². The van der Waals surface area contributed by atoms with Crippen molar-refractivity contribution in [1.82, 2.24) is 10.9 Å². The first kappa shape index (κ1) is 16.5. The summed E-state index contributed by atoms with van der Waals surface area (Å²) in [5, 5.41) is 0. The Kier molecular flexibility index (Phi) is 5.74. The quantitative estimate of drug-likeness (QED) is 0.834. The summed E-state index contributed by atoms with van der Waals surface area (Å²) >= 11 is 0. The Balaban J connectivity index is 1.95. The number of ether oxygens (including phenoxy) is 1. The van der Waals surface area contributed by atoms with Crippen LogP contribution in [0.3, 0.4) is 0 Å². The molecule has 23 heavy (non-hydrogen) atoms. The van der Waals surface area contributed by atoms with Gasteiger partial charge in [-0.1, -0.05) is 37.3 Å². The normalized spacial score (nSPS) is 11.4. The second kappa shape index (κ2) is 7.98. The van der Waals surface area contributed by atoms with E-state index in [1.165, 1.54) is 0 Å². The van der Waals surface area contributed by atoms with Crippen LogP contribution in [0.15, 0.2) is 54.6 Å². The predicted molar refractivity (Wildman–Crippen MR) is 88.1 cm³/mol. The van der Waals surface area contributed by atoms with Crippen LogP contribution in [0.1, 0.15) is 35.2 Å². The molecule has 0 spiro atoms. The van der Waals surface area contributed by atoms with Crippen LogP contribution >= 0.6 is 0 Å². The fourth-order valence-corrected chi connectivity index (χ4v) is 2.28. The molecule has 5 nitrogen and oxygen atoms in total. The summed E-state index contributed by atoms with van der Waals surface area (Å²) in [5.41, 5.74) is 6.30. The Bertz CT molecular complexity index is 654. The van der Waals surface area contributed by atoms with Gasteiger partial charge >= 0.3 is 0 Å². The van der Waals surface area contributed by atoms with Crippen molar-refractivity contribution in [1.29, 1.82) is 0 Å². The second-order valence-electron chi connectivity index (χ2n) is 5.04. The minimum atomic E-state index is -0.371. The van der Waals surface area contributed by atoms with Gasteiger partial charge in [-0.05, 0) is 36.2 Å². The maximum atomic E-state index is 12.3. The lowest BCUT2D eigenvalue weighted by Gasteiger charge is -2.16. The maximum Gasteiger partial charge on any atom is 0.269 e. The van der Waals surface area contributed by atoms with E-state index in [0.717, 1.165) is 5.56 Å². The van der Waals surface area contributed by atoms with Gasteiger partial charge in [-0.15, -0.1) is 0 Å². The van der Waals surface area contributed by atoms with Gasteiger partial charge in [0, 0.05) is 5.56 Å². The molecular weight excluding hydrogens is 292 g/mol. The molecular formula is C18H20N2O3. The highest BCUT2D eigenvalue weighted by atomic mass is 16.5. The summed E-state index contributed by atoms with van der Waals surface area (Å²) in [4.78, 5) is 24.3. The molecule has 0 saturated heterocycles. The number of hydrogen-bond acceptors (Lipinski definition) is 3. The van der Waals surface area contributed by atoms with Crippen molar-refractivity contribution in [2.24, 2.45) is 0 Å². The zero-order chi connectivity index (χ0) is 16.7. The maximum absolute atomic E-state index is 12.3. The van der Waals surface area contributed by atoms with E-state index in [-0.39, 0.29) is 17.7 Å². The van der Waals surface area contributed by atoms with E-state index < -0.39 is 0 Å². The molecule has 5 heteroatoms. The summed E-state index contributed by atoms with van der Waals surface area (Å²) in [7, 11) is 1.56. The van der Waals surface area contributed by atoms with Crippen LogP contribution in [0.5, 0.6) is 5.75 Å². The Morgan fingerprint density at radius 2 is 1.65 bits per heavy atom. The van der Waals surface area contributed by atoms with E-state index in [2.05, 4.69) is 10.9 Å². The second-order valence-corrected chi connectivity index (χ2v) is 5.04. The zero-order valence-electron chi connectivity index (χ0n) is 13.2. The molecule has 2 aromatic rings. The molecule has 2 amide bonds. The van der Waals surface area contributed by atoms with E-state index in [1.807, 2.05) is 37.3 Å². The third kappa shape index (κ3) is 4.32. The number of benzene rings is 2. The van der Waals surface area contributed by atoms with Crippen LogP contribution in [0.25, 0.3) is 0 Å². The van der Waals surface area contributed by atoms with E-state index >= 15 is 0 Å². The Labute approximate surface area is 135 Å². The van der Waals surface area contributed by atoms with Crippen LogP contribution < -0.4 is 15.6 Å². The van der Waals surface area contributed by atoms with E-state index in [0.29, 0.717) is 17.7 Å². The average molecular weight is 312 g/mol. The Morgan fingerprint density at radius 3 is 2.22 bits per heavy atom. The summed E-state index contributed by atoms with van der Waals surface area (Å²) < 4.78 is 5.04. The summed E-state index contributed by atoms with van der Waals surface area (Å²) in [5.74, 6) is -0.238. The van der Waals surface area contributed by atoms with Crippen LogP contribution in [-0.4, -0.2) is 18.9 Å². The van der Waals surface area contributed by atoms with Crippen molar-refractivity contribution in [3.8, 4) is 5.75 Å². The molecule has 1 atom stereocenters. The minimum Gasteiger partial charge on any atom is -0.497 e. The summed E-state index contributed by atoms with van der Waals surface area (Å²) in [6, 6.07) is 16.1. The third-order valence-corrected chi connectivity index (χ3v) is 3.58. The fraction of sp³-hybridized carbons (Fsp3) is 0.222. The number of amides is 2. The highest BCUT2D eigenvalue weighted by molar-refractivity contribution is 5.96. The first-order chi connectivity index (χ1) is 11.2. The van der Waals surface area contributed by atoms with Gasteiger partial charge in [-0.25, -0.2) is 0 Å². The summed E-state index contributed by atoms with van der Waals surface area (Å²) in [6.07, 6.45) is 0.647. The highest BCUT2D eigenvalue weighted by Crippen LogP contribution is 2.18. The number of nitrogens with one attached hydrogen (secondary N) is 2. The van der Waals surface area contributed by atoms with Crippen molar-refractivity contribution in [3.05, 3.63) is 65.7 Å². The third-order valence-electron chi connectivity index (χ3n) is 3.58. The molecule has 0 heterocycles. The van der Waals surface area contributed by atoms with Crippen molar-refractivity contribution in [2.75, 3.05) is 7.11 Å². The number of hydrogen-bond donors (Lipinski definition) is 2. The molecule has 2 N–H and O–H groups in total. The molecule has 2 aromatic carbocycles. The van der Waals surface area contributed by atoms with Gasteiger partial charge in [0.15, 0.2) is 0 Å². The fourth-order valence-electron chi connectivity index (χ4n) is 2.28. The van der Waals surface area contributed by atoms with Crippen LogP contribution in [-0.2, 0) is 4.79 Å². The van der Waals surface area contributed by atoms with Gasteiger partial charge < -0.3 is 4.74 Å². The first-order valence-corrected chi connectivity index (χ1v) is 7.45. The van der Waals surface area contributed by atoms with Gasteiger partial charge in [-0.3, -0.25) is 20.4 Å². The van der Waals surface area contributed by atoms with E-state index in [1.54, 1.807) is 31.4 Å². The molecule has 0 aromatic heterocycles. The minimum absolute atomic E-state index is 0.236. The van der Waals surface area contributed by atoms with Gasteiger partial charge in [0.25, 0.3) is 5.91 Å². The van der Waals surface area contributed by atoms with E-state index in [4.69, 9.17) is 4.74 Å². The lowest BCUT2D eigenvalue weighted by atomic mass is 9.96. The van der Waals surface area contributed by atoms with Crippen LogP contribution in [0.2, 0.25) is 0 Å². The number of methoxy groups -OCH3 is 1. The first-order valence-electron chi connectivity index (χ1n) is 7.45. The van der Waals surface area contributed by atoms with Crippen LogP contribution in [0.4, 0.5) is 0 Å². The monoisotopic (exact) mass is 312 g/mol. The van der Waals surface area contributed by atoms with E-state index in [9.17, 15) is 9.59 Å². The van der Waals surface area contributed by atoms with Gasteiger partial charge in [-0.2, -0.15) is 0 Å². The van der Waals surface area contributed by atoms with Gasteiger partial charge in [0.2, 0.25) is 5.91 Å². The SMILES string of the molecule is CCC(C(=O)NNC(=O)c1ccc(OC)cc1)c1ccccc1. The lowest BCUT2D eigenvalue weighted by molar-refractivity contribution is -0.123. The number of hydrazine groups is 1. The average Bonchev–Trinajstić information content (AvgIpc) is 2.61. The lowest BCUT2D eigenvalue weighted by Crippen LogP contribution is -2.43. The van der Waals surface area contributed by atoms with Crippen molar-refractivity contribution in [2.45, 2.75) is 19.3 Å². The predicted octanol–water partition coefficient (Wildman–Crippen LogP) is 2.65. The molecule has 0 saturated carbocycles. The molecule has 0 fully saturated rings. The largest absolute Gasteiger partial charge is 0.497 e. The smallest absolute Gasteiger partial charge is 0.269 e. The Morgan fingerprint density at radius 1 is 1.00 bits per heavy atom.